The Labute approximate surface area is 110 Å². The third-order valence-electron chi connectivity index (χ3n) is 2.38. The lowest BCUT2D eigenvalue weighted by atomic mass is 9.97. The zero-order chi connectivity index (χ0) is 13.6. The van der Waals surface area contributed by atoms with Gasteiger partial charge in [-0.05, 0) is 34.2 Å². The first-order chi connectivity index (χ1) is 8.42. The Kier molecular flexibility index (Phi) is 5.30. The molecule has 1 unspecified atom stereocenters. The van der Waals surface area contributed by atoms with E-state index in [2.05, 4.69) is 54.8 Å². The second kappa shape index (κ2) is 6.51. The fourth-order valence-electron chi connectivity index (χ4n) is 1.53. The average Bonchev–Trinajstić information content (AvgIpc) is 2.27. The van der Waals surface area contributed by atoms with Crippen LogP contribution in [-0.2, 0) is 0 Å². The zero-order valence-electron chi connectivity index (χ0n) is 12.0. The fourth-order valence-corrected chi connectivity index (χ4v) is 1.53. The van der Waals surface area contributed by atoms with Crippen LogP contribution in [0.1, 0.15) is 51.5 Å². The van der Waals surface area contributed by atoms with Crippen molar-refractivity contribution in [2.75, 3.05) is 6.54 Å². The van der Waals surface area contributed by atoms with E-state index in [4.69, 9.17) is 0 Å². The van der Waals surface area contributed by atoms with Crippen molar-refractivity contribution < 1.29 is 0 Å². The maximum Gasteiger partial charge on any atom is 0.0766 e. The van der Waals surface area contributed by atoms with Gasteiger partial charge < -0.3 is 5.32 Å². The highest BCUT2D eigenvalue weighted by atomic mass is 14.9. The van der Waals surface area contributed by atoms with Crippen LogP contribution in [0.25, 0.3) is 0 Å². The van der Waals surface area contributed by atoms with E-state index in [9.17, 15) is 0 Å². The minimum absolute atomic E-state index is 0.0513. The molecule has 98 valence electrons. The van der Waals surface area contributed by atoms with Gasteiger partial charge in [0, 0.05) is 18.0 Å². The van der Waals surface area contributed by atoms with Crippen LogP contribution in [0.2, 0.25) is 0 Å². The number of rotatable bonds is 4. The quantitative estimate of drug-likeness (QED) is 0.829. The van der Waals surface area contributed by atoms with E-state index in [-0.39, 0.29) is 11.5 Å². The molecule has 0 bridgehead atoms. The summed E-state index contributed by atoms with van der Waals surface area (Å²) < 4.78 is 0. The van der Waals surface area contributed by atoms with Gasteiger partial charge in [-0.1, -0.05) is 12.8 Å². The maximum atomic E-state index is 4.42. The summed E-state index contributed by atoms with van der Waals surface area (Å²) in [5.41, 5.74) is 1.95. The van der Waals surface area contributed by atoms with Crippen LogP contribution in [-0.4, -0.2) is 16.5 Å². The number of aryl methyl sites for hydroxylation is 1. The zero-order valence-corrected chi connectivity index (χ0v) is 12.0. The maximum absolute atomic E-state index is 4.42. The predicted molar refractivity (Wildman–Crippen MR) is 75.0 cm³/mol. The third kappa shape index (κ3) is 5.29. The van der Waals surface area contributed by atoms with Crippen molar-refractivity contribution in [2.45, 2.75) is 47.1 Å². The lowest BCUT2D eigenvalue weighted by Crippen LogP contribution is -2.21. The molecular weight excluding hydrogens is 222 g/mol. The van der Waals surface area contributed by atoms with Crippen molar-refractivity contribution >= 4 is 0 Å². The largest absolute Gasteiger partial charge is 0.308 e. The van der Waals surface area contributed by atoms with E-state index in [1.807, 2.05) is 13.1 Å². The Bertz CT molecular complexity index is 418. The molecule has 1 aromatic rings. The Hall–Kier alpha value is -1.40. The van der Waals surface area contributed by atoms with Gasteiger partial charge in [-0.25, -0.2) is 0 Å². The number of aromatic nitrogens is 2. The van der Waals surface area contributed by atoms with E-state index < -0.39 is 0 Å². The van der Waals surface area contributed by atoms with Gasteiger partial charge >= 0.3 is 0 Å². The second-order valence-electron chi connectivity index (χ2n) is 5.45. The summed E-state index contributed by atoms with van der Waals surface area (Å²) >= 11 is 0. The number of nitrogens with one attached hydrogen (secondary N) is 1. The molecule has 18 heavy (non-hydrogen) atoms. The summed E-state index contributed by atoms with van der Waals surface area (Å²) in [5, 5.41) is 3.40. The molecule has 1 N–H and O–H groups in total. The van der Waals surface area contributed by atoms with E-state index in [1.165, 1.54) is 0 Å². The van der Waals surface area contributed by atoms with Crippen LogP contribution < -0.4 is 5.32 Å². The third-order valence-corrected chi connectivity index (χ3v) is 2.38. The summed E-state index contributed by atoms with van der Waals surface area (Å²) in [6, 6.07) is 0.165. The minimum Gasteiger partial charge on any atom is -0.308 e. The van der Waals surface area contributed by atoms with Gasteiger partial charge in [0.2, 0.25) is 0 Å². The Balaban J connectivity index is 2.76. The van der Waals surface area contributed by atoms with Gasteiger partial charge in [0.25, 0.3) is 0 Å². The molecule has 3 nitrogen and oxygen atoms in total. The number of nitrogens with zero attached hydrogens (tertiary/aromatic N) is 2. The molecule has 0 aliphatic carbocycles. The molecule has 0 fully saturated rings. The summed E-state index contributed by atoms with van der Waals surface area (Å²) in [5.74, 6) is 6.50. The summed E-state index contributed by atoms with van der Waals surface area (Å²) in [4.78, 5) is 8.71. The molecule has 0 saturated carbocycles. The van der Waals surface area contributed by atoms with Crippen LogP contribution in [0, 0.1) is 24.2 Å². The van der Waals surface area contributed by atoms with Gasteiger partial charge in [-0.15, -0.1) is 5.92 Å². The second-order valence-corrected chi connectivity index (χ2v) is 5.45. The minimum atomic E-state index is 0.0513. The van der Waals surface area contributed by atoms with Crippen molar-refractivity contribution in [3.05, 3.63) is 23.8 Å². The van der Waals surface area contributed by atoms with Gasteiger partial charge in [-0.3, -0.25) is 9.97 Å². The normalized spacial score (nSPS) is 12.7. The van der Waals surface area contributed by atoms with E-state index in [0.717, 1.165) is 24.4 Å². The Morgan fingerprint density at radius 3 is 2.50 bits per heavy atom. The van der Waals surface area contributed by atoms with Crippen LogP contribution in [0.4, 0.5) is 0 Å². The van der Waals surface area contributed by atoms with Gasteiger partial charge in [0.15, 0.2) is 0 Å². The molecule has 0 aliphatic rings. The lowest BCUT2D eigenvalue weighted by molar-refractivity contribution is 0.542. The van der Waals surface area contributed by atoms with Crippen molar-refractivity contribution in [1.82, 2.24) is 15.3 Å². The van der Waals surface area contributed by atoms with Crippen LogP contribution in [0.5, 0.6) is 0 Å². The van der Waals surface area contributed by atoms with Crippen LogP contribution >= 0.6 is 0 Å². The Morgan fingerprint density at radius 2 is 2.00 bits per heavy atom. The molecule has 0 amide bonds. The SMILES string of the molecule is CCNC(CC#CC(C)(C)C)c1cnc(C)cn1. The number of hydrogen-bond donors (Lipinski definition) is 1. The van der Waals surface area contributed by atoms with E-state index in [0.29, 0.717) is 0 Å². The van der Waals surface area contributed by atoms with Crippen molar-refractivity contribution in [3.63, 3.8) is 0 Å². The lowest BCUT2D eigenvalue weighted by Gasteiger charge is -2.14. The summed E-state index contributed by atoms with van der Waals surface area (Å²) in [7, 11) is 0. The Morgan fingerprint density at radius 1 is 1.28 bits per heavy atom. The average molecular weight is 245 g/mol. The first-order valence-electron chi connectivity index (χ1n) is 6.44. The van der Waals surface area contributed by atoms with Crippen molar-refractivity contribution in [1.29, 1.82) is 0 Å². The predicted octanol–water partition coefficient (Wildman–Crippen LogP) is 2.88. The topological polar surface area (TPSA) is 37.8 Å². The van der Waals surface area contributed by atoms with Crippen molar-refractivity contribution in [2.24, 2.45) is 5.41 Å². The van der Waals surface area contributed by atoms with Crippen molar-refractivity contribution in [3.8, 4) is 11.8 Å². The van der Waals surface area contributed by atoms with E-state index in [1.54, 1.807) is 6.20 Å². The highest BCUT2D eigenvalue weighted by Gasteiger charge is 2.11. The van der Waals surface area contributed by atoms with Crippen LogP contribution in [0.15, 0.2) is 12.4 Å². The molecule has 1 aromatic heterocycles. The fraction of sp³-hybridized carbons (Fsp3) is 0.600. The highest BCUT2D eigenvalue weighted by molar-refractivity contribution is 5.13. The number of hydrogen-bond acceptors (Lipinski definition) is 3. The van der Waals surface area contributed by atoms with Gasteiger partial charge in [-0.2, -0.15) is 0 Å². The molecule has 3 heteroatoms. The molecule has 0 radical (unpaired) electrons. The van der Waals surface area contributed by atoms with Gasteiger partial charge in [0.05, 0.1) is 23.6 Å². The van der Waals surface area contributed by atoms with E-state index >= 15 is 0 Å². The molecule has 0 aromatic carbocycles. The molecule has 0 aliphatic heterocycles. The molecule has 0 spiro atoms. The highest BCUT2D eigenvalue weighted by Crippen LogP contribution is 2.15. The molecular formula is C15H23N3. The molecule has 1 rings (SSSR count). The summed E-state index contributed by atoms with van der Waals surface area (Å²) in [6.45, 7) is 11.3. The summed E-state index contributed by atoms with van der Waals surface area (Å²) in [6.07, 6.45) is 4.40. The molecule has 0 saturated heterocycles. The molecule has 1 atom stereocenters. The monoisotopic (exact) mass is 245 g/mol. The standard InChI is InChI=1S/C15H23N3/c1-6-16-13(8-7-9-15(3,4)5)14-11-17-12(2)10-18-14/h10-11,13,16H,6,8H2,1-5H3. The smallest absolute Gasteiger partial charge is 0.0766 e. The first kappa shape index (κ1) is 14.7. The molecule has 1 heterocycles. The van der Waals surface area contributed by atoms with Crippen LogP contribution in [0.3, 0.4) is 0 Å². The first-order valence-corrected chi connectivity index (χ1v) is 6.44. The van der Waals surface area contributed by atoms with Gasteiger partial charge in [0.1, 0.15) is 0 Å².